The molecule has 0 fully saturated rings. The molecule has 3 rings (SSSR count). The fraction of sp³-hybridized carbons (Fsp3) is 0.158. The zero-order chi connectivity index (χ0) is 16.4. The number of nitrogens with one attached hydrogen (secondary N) is 1. The third kappa shape index (κ3) is 2.75. The topological polar surface area (TPSA) is 55.4 Å². The molecule has 0 spiro atoms. The Morgan fingerprint density at radius 1 is 1.00 bits per heavy atom. The molecular weight excluding hydrogens is 290 g/mol. The van der Waals surface area contributed by atoms with Crippen LogP contribution in [0, 0.1) is 0 Å². The Bertz CT molecular complexity index is 903. The minimum Gasteiger partial charge on any atom is -0.497 e. The molecule has 0 heterocycles. The molecule has 23 heavy (non-hydrogen) atoms. The molecule has 0 aliphatic rings. The molecule has 0 unspecified atom stereocenters. The number of methoxy groups -OCH3 is 1. The second kappa shape index (κ2) is 6.08. The van der Waals surface area contributed by atoms with Crippen LogP contribution >= 0.6 is 0 Å². The van der Waals surface area contributed by atoms with Gasteiger partial charge < -0.3 is 10.1 Å². The summed E-state index contributed by atoms with van der Waals surface area (Å²) in [4.78, 5) is 23.9. The lowest BCUT2D eigenvalue weighted by molar-refractivity contribution is 0.415. The van der Waals surface area contributed by atoms with Gasteiger partial charge in [0.05, 0.1) is 12.7 Å². The van der Waals surface area contributed by atoms with Crippen molar-refractivity contribution in [3.8, 4) is 16.9 Å². The van der Waals surface area contributed by atoms with Crippen molar-refractivity contribution < 1.29 is 4.74 Å². The summed E-state index contributed by atoms with van der Waals surface area (Å²) in [5.74, 6) is 0.706. The largest absolute Gasteiger partial charge is 0.497 e. The van der Waals surface area contributed by atoms with Gasteiger partial charge in [0.2, 0.25) is 5.43 Å². The average Bonchev–Trinajstić information content (AvgIpc) is 2.61. The molecule has 0 bridgehead atoms. The van der Waals surface area contributed by atoms with Crippen molar-refractivity contribution in [3.63, 3.8) is 0 Å². The SMILES string of the molecule is CCc1cccc(Nc2c(-c3ccc(OC)cc3)c(=O)c2=O)c1. The van der Waals surface area contributed by atoms with E-state index in [0.717, 1.165) is 12.1 Å². The van der Waals surface area contributed by atoms with Crippen LogP contribution < -0.4 is 20.9 Å². The Morgan fingerprint density at radius 2 is 1.74 bits per heavy atom. The highest BCUT2D eigenvalue weighted by atomic mass is 16.5. The Hall–Kier alpha value is -2.88. The van der Waals surface area contributed by atoms with E-state index in [-0.39, 0.29) is 0 Å². The second-order valence-corrected chi connectivity index (χ2v) is 5.32. The summed E-state index contributed by atoms with van der Waals surface area (Å²) in [6.07, 6.45) is 0.910. The van der Waals surface area contributed by atoms with Crippen LogP contribution in [-0.2, 0) is 6.42 Å². The standard InChI is InChI=1S/C19H17NO3/c1-3-12-5-4-6-14(11-12)20-17-16(18(21)19(17)22)13-7-9-15(23-2)10-8-13/h4-11,20H,3H2,1-2H3. The molecule has 0 aromatic heterocycles. The minimum absolute atomic E-state index is 0.355. The number of benzene rings is 2. The van der Waals surface area contributed by atoms with Crippen molar-refractivity contribution in [2.75, 3.05) is 12.4 Å². The number of hydrogen-bond donors (Lipinski definition) is 1. The highest BCUT2D eigenvalue weighted by Gasteiger charge is 2.22. The average molecular weight is 307 g/mol. The van der Waals surface area contributed by atoms with Crippen molar-refractivity contribution >= 4 is 11.4 Å². The van der Waals surface area contributed by atoms with Crippen molar-refractivity contribution in [3.05, 3.63) is 74.5 Å². The lowest BCUT2D eigenvalue weighted by Gasteiger charge is -2.14. The maximum atomic E-state index is 12.0. The van der Waals surface area contributed by atoms with Gasteiger partial charge in [0.25, 0.3) is 5.43 Å². The molecule has 0 aliphatic carbocycles. The minimum atomic E-state index is -0.474. The van der Waals surface area contributed by atoms with Gasteiger partial charge in [0, 0.05) is 5.69 Å². The van der Waals surface area contributed by atoms with Crippen LogP contribution in [0.2, 0.25) is 0 Å². The number of ether oxygens (including phenoxy) is 1. The molecular formula is C19H17NO3. The second-order valence-electron chi connectivity index (χ2n) is 5.32. The van der Waals surface area contributed by atoms with Gasteiger partial charge in [-0.2, -0.15) is 0 Å². The quantitative estimate of drug-likeness (QED) is 0.735. The predicted octanol–water partition coefficient (Wildman–Crippen LogP) is 3.26. The summed E-state index contributed by atoms with van der Waals surface area (Å²) in [5.41, 5.74) is 2.55. The molecule has 0 radical (unpaired) electrons. The number of anilines is 2. The first kappa shape index (κ1) is 15.0. The molecule has 4 nitrogen and oxygen atoms in total. The van der Waals surface area contributed by atoms with Crippen molar-refractivity contribution in [2.45, 2.75) is 13.3 Å². The van der Waals surface area contributed by atoms with Gasteiger partial charge in [-0.05, 0) is 41.8 Å². The molecule has 0 saturated heterocycles. The summed E-state index contributed by atoms with van der Waals surface area (Å²) in [6.45, 7) is 2.07. The van der Waals surface area contributed by atoms with Crippen LogP contribution in [0.5, 0.6) is 5.75 Å². The molecule has 3 aromatic carbocycles. The van der Waals surface area contributed by atoms with Gasteiger partial charge in [-0.15, -0.1) is 0 Å². The van der Waals surface area contributed by atoms with Crippen LogP contribution in [0.1, 0.15) is 12.5 Å². The van der Waals surface area contributed by atoms with E-state index in [2.05, 4.69) is 12.2 Å². The molecule has 116 valence electrons. The fourth-order valence-electron chi connectivity index (χ4n) is 2.56. The third-order valence-electron chi connectivity index (χ3n) is 3.89. The van der Waals surface area contributed by atoms with Gasteiger partial charge in [0.1, 0.15) is 11.4 Å². The molecule has 0 saturated carbocycles. The lowest BCUT2D eigenvalue weighted by Crippen LogP contribution is -2.35. The Balaban J connectivity index is 1.96. The lowest BCUT2D eigenvalue weighted by atomic mass is 9.98. The van der Waals surface area contributed by atoms with Gasteiger partial charge >= 0.3 is 0 Å². The smallest absolute Gasteiger partial charge is 0.250 e. The van der Waals surface area contributed by atoms with Crippen molar-refractivity contribution in [2.24, 2.45) is 0 Å². The van der Waals surface area contributed by atoms with Crippen LogP contribution in [-0.4, -0.2) is 7.11 Å². The van der Waals surface area contributed by atoms with Crippen molar-refractivity contribution in [1.82, 2.24) is 0 Å². The first-order valence-corrected chi connectivity index (χ1v) is 7.47. The van der Waals surface area contributed by atoms with E-state index >= 15 is 0 Å². The Labute approximate surface area is 134 Å². The summed E-state index contributed by atoms with van der Waals surface area (Å²) < 4.78 is 5.11. The first-order chi connectivity index (χ1) is 11.1. The first-order valence-electron chi connectivity index (χ1n) is 7.47. The van der Waals surface area contributed by atoms with E-state index in [1.54, 1.807) is 31.4 Å². The van der Waals surface area contributed by atoms with E-state index in [1.165, 1.54) is 5.56 Å². The monoisotopic (exact) mass is 307 g/mol. The summed E-state index contributed by atoms with van der Waals surface area (Å²) in [5, 5.41) is 3.09. The summed E-state index contributed by atoms with van der Waals surface area (Å²) in [6, 6.07) is 14.9. The van der Waals surface area contributed by atoms with E-state index in [1.807, 2.05) is 24.3 Å². The number of rotatable bonds is 5. The molecule has 0 amide bonds. The zero-order valence-corrected chi connectivity index (χ0v) is 13.1. The van der Waals surface area contributed by atoms with E-state index in [0.29, 0.717) is 22.6 Å². The molecule has 4 heteroatoms. The summed E-state index contributed by atoms with van der Waals surface area (Å²) >= 11 is 0. The number of hydrogen-bond acceptors (Lipinski definition) is 4. The van der Waals surface area contributed by atoms with Crippen LogP contribution in [0.4, 0.5) is 11.4 Å². The molecule has 1 N–H and O–H groups in total. The highest BCUT2D eigenvalue weighted by molar-refractivity contribution is 5.84. The number of aryl methyl sites for hydroxylation is 1. The normalized spacial score (nSPS) is 10.7. The van der Waals surface area contributed by atoms with E-state index in [9.17, 15) is 9.59 Å². The van der Waals surface area contributed by atoms with Crippen molar-refractivity contribution in [1.29, 1.82) is 0 Å². The molecule has 3 aromatic rings. The van der Waals surface area contributed by atoms with Gasteiger partial charge in [-0.3, -0.25) is 9.59 Å². The Kier molecular flexibility index (Phi) is 3.98. The van der Waals surface area contributed by atoms with Gasteiger partial charge in [-0.25, -0.2) is 0 Å². The van der Waals surface area contributed by atoms with Crippen LogP contribution in [0.3, 0.4) is 0 Å². The van der Waals surface area contributed by atoms with Crippen LogP contribution in [0.15, 0.2) is 58.1 Å². The maximum Gasteiger partial charge on any atom is 0.250 e. The van der Waals surface area contributed by atoms with Gasteiger partial charge in [-0.1, -0.05) is 31.2 Å². The van der Waals surface area contributed by atoms with Crippen LogP contribution in [0.25, 0.3) is 11.1 Å². The Morgan fingerprint density at radius 3 is 2.39 bits per heavy atom. The predicted molar refractivity (Wildman–Crippen MR) is 92.4 cm³/mol. The molecule has 0 aliphatic heterocycles. The van der Waals surface area contributed by atoms with E-state index in [4.69, 9.17) is 4.74 Å². The van der Waals surface area contributed by atoms with E-state index < -0.39 is 10.9 Å². The van der Waals surface area contributed by atoms with Gasteiger partial charge in [0.15, 0.2) is 0 Å². The molecule has 0 atom stereocenters. The fourth-order valence-corrected chi connectivity index (χ4v) is 2.56. The zero-order valence-electron chi connectivity index (χ0n) is 13.1. The highest BCUT2D eigenvalue weighted by Crippen LogP contribution is 2.28. The maximum absolute atomic E-state index is 12.0. The third-order valence-corrected chi connectivity index (χ3v) is 3.89. The summed E-state index contributed by atoms with van der Waals surface area (Å²) in [7, 11) is 1.58.